The standard InChI is InChI=1S/C16H13BrN2O3/c1-16(10-17)13-4-2-3-5-14(13)18-15(22-16)11-6-8-12(9-7-11)19(20)21/h2-9H,10H2,1H3. The number of non-ortho nitro benzene ring substituents is 1. The lowest BCUT2D eigenvalue weighted by molar-refractivity contribution is -0.384. The lowest BCUT2D eigenvalue weighted by Crippen LogP contribution is -2.33. The third-order valence-corrected chi connectivity index (χ3v) is 4.67. The quantitative estimate of drug-likeness (QED) is 0.465. The minimum absolute atomic E-state index is 0.0452. The van der Waals surface area contributed by atoms with E-state index in [-0.39, 0.29) is 5.69 Å². The van der Waals surface area contributed by atoms with Crippen molar-refractivity contribution in [3.8, 4) is 0 Å². The van der Waals surface area contributed by atoms with E-state index in [1.807, 2.05) is 31.2 Å². The van der Waals surface area contributed by atoms with Crippen LogP contribution in [0.4, 0.5) is 11.4 Å². The maximum atomic E-state index is 10.7. The summed E-state index contributed by atoms with van der Waals surface area (Å²) in [5, 5.41) is 11.4. The molecule has 0 fully saturated rings. The predicted molar refractivity (Wildman–Crippen MR) is 88.0 cm³/mol. The van der Waals surface area contributed by atoms with Crippen LogP contribution in [-0.2, 0) is 10.3 Å². The average Bonchev–Trinajstić information content (AvgIpc) is 2.55. The molecule has 1 aliphatic heterocycles. The Kier molecular flexibility index (Phi) is 3.70. The number of hydrogen-bond acceptors (Lipinski definition) is 4. The molecule has 0 saturated heterocycles. The Hall–Kier alpha value is -2.21. The van der Waals surface area contributed by atoms with Crippen molar-refractivity contribution in [1.82, 2.24) is 0 Å². The minimum Gasteiger partial charge on any atom is -0.465 e. The molecule has 1 aliphatic rings. The molecule has 0 aromatic heterocycles. The van der Waals surface area contributed by atoms with Crippen LogP contribution in [0.1, 0.15) is 18.1 Å². The lowest BCUT2D eigenvalue weighted by Gasteiger charge is -2.34. The van der Waals surface area contributed by atoms with Crippen LogP contribution >= 0.6 is 15.9 Å². The summed E-state index contributed by atoms with van der Waals surface area (Å²) in [7, 11) is 0. The Labute approximate surface area is 135 Å². The molecule has 1 atom stereocenters. The Morgan fingerprint density at radius 3 is 2.55 bits per heavy atom. The first-order valence-electron chi connectivity index (χ1n) is 6.71. The van der Waals surface area contributed by atoms with Crippen LogP contribution in [0.25, 0.3) is 0 Å². The van der Waals surface area contributed by atoms with Gasteiger partial charge in [0, 0.05) is 28.6 Å². The van der Waals surface area contributed by atoms with Crippen molar-refractivity contribution in [2.24, 2.45) is 4.99 Å². The first-order valence-corrected chi connectivity index (χ1v) is 7.84. The molecule has 2 aromatic carbocycles. The Bertz CT molecular complexity index is 758. The smallest absolute Gasteiger partial charge is 0.269 e. The topological polar surface area (TPSA) is 64.7 Å². The third-order valence-electron chi connectivity index (χ3n) is 3.60. The number of hydrogen-bond donors (Lipinski definition) is 0. The molecule has 0 N–H and O–H groups in total. The molecule has 3 rings (SSSR count). The maximum absolute atomic E-state index is 10.7. The van der Waals surface area contributed by atoms with Gasteiger partial charge in [0.2, 0.25) is 5.90 Å². The average molecular weight is 361 g/mol. The number of ether oxygens (including phenoxy) is 1. The first kappa shape index (κ1) is 14.7. The van der Waals surface area contributed by atoms with Gasteiger partial charge in [-0.05, 0) is 25.1 Å². The highest BCUT2D eigenvalue weighted by Crippen LogP contribution is 2.39. The number of halogens is 1. The van der Waals surface area contributed by atoms with Crippen LogP contribution < -0.4 is 0 Å². The number of alkyl halides is 1. The number of nitro groups is 1. The van der Waals surface area contributed by atoms with Crippen molar-refractivity contribution >= 4 is 33.2 Å². The molecule has 0 aliphatic carbocycles. The van der Waals surface area contributed by atoms with Crippen molar-refractivity contribution < 1.29 is 9.66 Å². The third kappa shape index (κ3) is 2.50. The summed E-state index contributed by atoms with van der Waals surface area (Å²) in [5.74, 6) is 0.468. The zero-order chi connectivity index (χ0) is 15.7. The highest BCUT2D eigenvalue weighted by Gasteiger charge is 2.35. The molecule has 0 radical (unpaired) electrons. The number of nitrogens with zero attached hydrogens (tertiary/aromatic N) is 2. The van der Waals surface area contributed by atoms with Gasteiger partial charge < -0.3 is 4.74 Å². The van der Waals surface area contributed by atoms with E-state index >= 15 is 0 Å². The number of para-hydroxylation sites is 1. The van der Waals surface area contributed by atoms with Gasteiger partial charge in [0.1, 0.15) is 5.60 Å². The summed E-state index contributed by atoms with van der Waals surface area (Å²) in [6, 6.07) is 14.0. The summed E-state index contributed by atoms with van der Waals surface area (Å²) in [5.41, 5.74) is 2.09. The number of fused-ring (bicyclic) bond motifs is 1. The molecular weight excluding hydrogens is 348 g/mol. The molecule has 5 nitrogen and oxygen atoms in total. The van der Waals surface area contributed by atoms with E-state index < -0.39 is 10.5 Å². The van der Waals surface area contributed by atoms with Gasteiger partial charge in [0.15, 0.2) is 0 Å². The molecule has 0 amide bonds. The summed E-state index contributed by atoms with van der Waals surface area (Å²) in [4.78, 5) is 14.9. The fraction of sp³-hybridized carbons (Fsp3) is 0.188. The number of nitro benzene ring substituents is 1. The van der Waals surface area contributed by atoms with Gasteiger partial charge in [-0.3, -0.25) is 10.1 Å². The van der Waals surface area contributed by atoms with Crippen LogP contribution in [0.3, 0.4) is 0 Å². The van der Waals surface area contributed by atoms with Crippen LogP contribution in [0, 0.1) is 10.1 Å². The van der Waals surface area contributed by atoms with E-state index in [0.29, 0.717) is 16.8 Å². The highest BCUT2D eigenvalue weighted by molar-refractivity contribution is 9.09. The zero-order valence-corrected chi connectivity index (χ0v) is 13.4. The summed E-state index contributed by atoms with van der Waals surface area (Å²) < 4.78 is 6.07. The molecule has 1 unspecified atom stereocenters. The molecule has 0 saturated carbocycles. The second-order valence-corrected chi connectivity index (χ2v) is 5.77. The highest BCUT2D eigenvalue weighted by atomic mass is 79.9. The Balaban J connectivity index is 2.05. The van der Waals surface area contributed by atoms with Gasteiger partial charge >= 0.3 is 0 Å². The second-order valence-electron chi connectivity index (χ2n) is 5.20. The fourth-order valence-electron chi connectivity index (χ4n) is 2.37. The van der Waals surface area contributed by atoms with Gasteiger partial charge in [-0.25, -0.2) is 4.99 Å². The largest absolute Gasteiger partial charge is 0.465 e. The molecule has 2 aromatic rings. The van der Waals surface area contributed by atoms with Gasteiger partial charge in [0.05, 0.1) is 10.6 Å². The number of aliphatic imine (C=N–C) groups is 1. The second kappa shape index (κ2) is 5.53. The molecule has 22 heavy (non-hydrogen) atoms. The van der Waals surface area contributed by atoms with Gasteiger partial charge in [-0.2, -0.15) is 0 Å². The van der Waals surface area contributed by atoms with Crippen LogP contribution in [-0.4, -0.2) is 16.2 Å². The molecule has 0 bridgehead atoms. The van der Waals surface area contributed by atoms with E-state index in [1.165, 1.54) is 12.1 Å². The summed E-state index contributed by atoms with van der Waals surface area (Å²) >= 11 is 3.50. The van der Waals surface area contributed by atoms with Crippen molar-refractivity contribution in [3.63, 3.8) is 0 Å². The maximum Gasteiger partial charge on any atom is 0.269 e. The molecular formula is C16H13BrN2O3. The van der Waals surface area contributed by atoms with Crippen molar-refractivity contribution in [2.45, 2.75) is 12.5 Å². The van der Waals surface area contributed by atoms with E-state index in [4.69, 9.17) is 4.74 Å². The molecule has 6 heteroatoms. The molecule has 112 valence electrons. The monoisotopic (exact) mass is 360 g/mol. The SMILES string of the molecule is CC1(CBr)OC(c2ccc([N+](=O)[O-])cc2)=Nc2ccccc21. The number of benzene rings is 2. The molecule has 1 heterocycles. The van der Waals surface area contributed by atoms with Gasteiger partial charge in [0.25, 0.3) is 5.69 Å². The van der Waals surface area contributed by atoms with Crippen molar-refractivity contribution in [1.29, 1.82) is 0 Å². The Morgan fingerprint density at radius 2 is 1.91 bits per heavy atom. The first-order chi connectivity index (χ1) is 10.5. The molecule has 0 spiro atoms. The van der Waals surface area contributed by atoms with Crippen LogP contribution in [0.5, 0.6) is 0 Å². The van der Waals surface area contributed by atoms with E-state index in [1.54, 1.807) is 12.1 Å². The van der Waals surface area contributed by atoms with E-state index in [2.05, 4.69) is 20.9 Å². The predicted octanol–water partition coefficient (Wildman–Crippen LogP) is 4.31. The Morgan fingerprint density at radius 1 is 1.23 bits per heavy atom. The lowest BCUT2D eigenvalue weighted by atomic mass is 9.94. The van der Waals surface area contributed by atoms with E-state index in [0.717, 1.165) is 11.3 Å². The van der Waals surface area contributed by atoms with Crippen molar-refractivity contribution in [2.75, 3.05) is 5.33 Å². The van der Waals surface area contributed by atoms with Crippen LogP contribution in [0.15, 0.2) is 53.5 Å². The zero-order valence-electron chi connectivity index (χ0n) is 11.8. The fourth-order valence-corrected chi connectivity index (χ4v) is 2.78. The summed E-state index contributed by atoms with van der Waals surface area (Å²) in [6.07, 6.45) is 0. The summed E-state index contributed by atoms with van der Waals surface area (Å²) in [6.45, 7) is 1.99. The van der Waals surface area contributed by atoms with Gasteiger partial charge in [-0.15, -0.1) is 0 Å². The normalized spacial score (nSPS) is 19.8. The van der Waals surface area contributed by atoms with Gasteiger partial charge in [-0.1, -0.05) is 34.1 Å². The van der Waals surface area contributed by atoms with Crippen molar-refractivity contribution in [3.05, 3.63) is 69.8 Å². The minimum atomic E-state index is -0.532. The van der Waals surface area contributed by atoms with Crippen LogP contribution in [0.2, 0.25) is 0 Å². The number of rotatable bonds is 3. The van der Waals surface area contributed by atoms with E-state index in [9.17, 15) is 10.1 Å².